The largest absolute Gasteiger partial charge is 0.444 e. The van der Waals surface area contributed by atoms with Gasteiger partial charge in [0.2, 0.25) is 0 Å². The number of nitrogens with zero attached hydrogens (tertiary/aromatic N) is 1. The van der Waals surface area contributed by atoms with Crippen LogP contribution in [0.25, 0.3) is 0 Å². The lowest BCUT2D eigenvalue weighted by molar-refractivity contribution is 0.0205. The maximum atomic E-state index is 12.2. The highest BCUT2D eigenvalue weighted by atomic mass is 16.6. The minimum Gasteiger partial charge on any atom is -0.444 e. The molecular weight excluding hydrogens is 348 g/mol. The second-order valence-electron chi connectivity index (χ2n) is 8.53. The Balaban J connectivity index is 1.45. The van der Waals surface area contributed by atoms with Crippen molar-refractivity contribution in [1.29, 1.82) is 0 Å². The van der Waals surface area contributed by atoms with E-state index >= 15 is 0 Å². The molecule has 1 aliphatic heterocycles. The first kappa shape index (κ1) is 20.2. The number of carbonyl (C=O) groups excluding carboxylic acids is 1. The van der Waals surface area contributed by atoms with Crippen molar-refractivity contribution in [2.24, 2.45) is 0 Å². The van der Waals surface area contributed by atoms with Crippen LogP contribution in [0.4, 0.5) is 10.5 Å². The van der Waals surface area contributed by atoms with E-state index in [1.807, 2.05) is 31.7 Å². The first-order valence-electron chi connectivity index (χ1n) is 10.3. The lowest BCUT2D eigenvalue weighted by atomic mass is 9.89. The number of benzene rings is 2. The minimum atomic E-state index is -0.433. The fraction of sp³-hybridized carbons (Fsp3) is 0.458. The van der Waals surface area contributed by atoms with Gasteiger partial charge in [0.1, 0.15) is 5.60 Å². The fourth-order valence-electron chi connectivity index (χ4n) is 3.59. The van der Waals surface area contributed by atoms with Gasteiger partial charge in [-0.1, -0.05) is 42.5 Å². The smallest absolute Gasteiger partial charge is 0.410 e. The SMILES string of the molecule is CC(C)(C)OC(=O)N1CCC(c2ccc(NCCc3ccccc3)cc2)CC1. The lowest BCUT2D eigenvalue weighted by Crippen LogP contribution is -2.41. The van der Waals surface area contributed by atoms with Crippen molar-refractivity contribution >= 4 is 11.8 Å². The molecule has 0 spiro atoms. The molecule has 4 nitrogen and oxygen atoms in total. The Morgan fingerprint density at radius 2 is 1.68 bits per heavy atom. The average Bonchev–Trinajstić information content (AvgIpc) is 2.68. The summed E-state index contributed by atoms with van der Waals surface area (Å²) in [5, 5.41) is 3.50. The highest BCUT2D eigenvalue weighted by Crippen LogP contribution is 2.29. The molecule has 0 radical (unpaired) electrons. The van der Waals surface area contributed by atoms with Crippen molar-refractivity contribution < 1.29 is 9.53 Å². The summed E-state index contributed by atoms with van der Waals surface area (Å²) in [5.74, 6) is 0.511. The Labute approximate surface area is 168 Å². The van der Waals surface area contributed by atoms with Crippen LogP contribution in [0.5, 0.6) is 0 Å². The number of anilines is 1. The van der Waals surface area contributed by atoms with Gasteiger partial charge >= 0.3 is 6.09 Å². The van der Waals surface area contributed by atoms with Crippen molar-refractivity contribution in [2.45, 2.75) is 51.6 Å². The van der Waals surface area contributed by atoms with E-state index in [9.17, 15) is 4.79 Å². The van der Waals surface area contributed by atoms with Crippen LogP contribution < -0.4 is 5.32 Å². The number of hydrogen-bond acceptors (Lipinski definition) is 3. The molecule has 0 unspecified atom stereocenters. The molecule has 0 saturated carbocycles. The maximum Gasteiger partial charge on any atom is 0.410 e. The van der Waals surface area contributed by atoms with Gasteiger partial charge in [-0.15, -0.1) is 0 Å². The quantitative estimate of drug-likeness (QED) is 0.749. The van der Waals surface area contributed by atoms with Crippen LogP contribution >= 0.6 is 0 Å². The second-order valence-corrected chi connectivity index (χ2v) is 8.53. The van der Waals surface area contributed by atoms with Gasteiger partial charge in [-0.05, 0) is 69.2 Å². The molecule has 1 amide bonds. The molecule has 28 heavy (non-hydrogen) atoms. The second kappa shape index (κ2) is 9.13. The monoisotopic (exact) mass is 380 g/mol. The summed E-state index contributed by atoms with van der Waals surface area (Å²) < 4.78 is 5.48. The molecule has 0 aliphatic carbocycles. The molecule has 1 saturated heterocycles. The van der Waals surface area contributed by atoms with Gasteiger partial charge in [0.15, 0.2) is 0 Å². The molecule has 0 aromatic heterocycles. The van der Waals surface area contributed by atoms with Gasteiger partial charge in [0, 0.05) is 25.3 Å². The summed E-state index contributed by atoms with van der Waals surface area (Å²) in [4.78, 5) is 14.0. The highest BCUT2D eigenvalue weighted by molar-refractivity contribution is 5.68. The van der Waals surface area contributed by atoms with Crippen LogP contribution in [0, 0.1) is 0 Å². The van der Waals surface area contributed by atoms with Crippen molar-refractivity contribution in [1.82, 2.24) is 4.90 Å². The summed E-state index contributed by atoms with van der Waals surface area (Å²) in [6, 6.07) is 19.3. The van der Waals surface area contributed by atoms with Crippen molar-refractivity contribution in [3.63, 3.8) is 0 Å². The zero-order chi connectivity index (χ0) is 20.0. The molecule has 2 aromatic carbocycles. The molecule has 1 aliphatic rings. The van der Waals surface area contributed by atoms with E-state index in [0.29, 0.717) is 5.92 Å². The molecule has 150 valence electrons. The van der Waals surface area contributed by atoms with Crippen molar-refractivity contribution in [3.05, 3.63) is 65.7 Å². The predicted octanol–water partition coefficient (Wildman–Crippen LogP) is 5.46. The Kier molecular flexibility index (Phi) is 6.61. The standard InChI is InChI=1S/C24H32N2O2/c1-24(2,3)28-23(27)26-17-14-21(15-18-26)20-9-11-22(12-10-20)25-16-13-19-7-5-4-6-8-19/h4-12,21,25H,13-18H2,1-3H3. The van der Waals surface area contributed by atoms with Gasteiger partial charge in [0.05, 0.1) is 0 Å². The van der Waals surface area contributed by atoms with E-state index in [1.165, 1.54) is 11.1 Å². The van der Waals surface area contributed by atoms with E-state index in [2.05, 4.69) is 53.8 Å². The van der Waals surface area contributed by atoms with Crippen molar-refractivity contribution in [2.75, 3.05) is 25.0 Å². The molecule has 1 fully saturated rings. The van der Waals surface area contributed by atoms with E-state index in [-0.39, 0.29) is 6.09 Å². The maximum absolute atomic E-state index is 12.2. The van der Waals surface area contributed by atoms with Gasteiger partial charge in [0.25, 0.3) is 0 Å². The molecule has 1 N–H and O–H groups in total. The van der Waals surface area contributed by atoms with Crippen LogP contribution in [0.15, 0.2) is 54.6 Å². The predicted molar refractivity (Wildman–Crippen MR) is 115 cm³/mol. The van der Waals surface area contributed by atoms with Crippen LogP contribution in [0.1, 0.15) is 50.7 Å². The van der Waals surface area contributed by atoms with Gasteiger partial charge in [-0.2, -0.15) is 0 Å². The van der Waals surface area contributed by atoms with Crippen LogP contribution in [0.2, 0.25) is 0 Å². The van der Waals surface area contributed by atoms with Crippen LogP contribution in [0.3, 0.4) is 0 Å². The van der Waals surface area contributed by atoms with E-state index in [0.717, 1.165) is 44.6 Å². The van der Waals surface area contributed by atoms with Gasteiger partial charge in [-0.3, -0.25) is 0 Å². The van der Waals surface area contributed by atoms with Crippen LogP contribution in [-0.4, -0.2) is 36.2 Å². The summed E-state index contributed by atoms with van der Waals surface area (Å²) in [6.45, 7) is 8.18. The topological polar surface area (TPSA) is 41.6 Å². The van der Waals surface area contributed by atoms with Gasteiger partial charge < -0.3 is 15.0 Å². The zero-order valence-electron chi connectivity index (χ0n) is 17.3. The van der Waals surface area contributed by atoms with E-state index in [1.54, 1.807) is 0 Å². The Hall–Kier alpha value is -2.49. The number of nitrogens with one attached hydrogen (secondary N) is 1. The van der Waals surface area contributed by atoms with Gasteiger partial charge in [-0.25, -0.2) is 4.79 Å². The number of ether oxygens (including phenoxy) is 1. The van der Waals surface area contributed by atoms with Crippen LogP contribution in [-0.2, 0) is 11.2 Å². The van der Waals surface area contributed by atoms with E-state index < -0.39 is 5.60 Å². The molecule has 4 heteroatoms. The average molecular weight is 381 g/mol. The lowest BCUT2D eigenvalue weighted by Gasteiger charge is -2.33. The van der Waals surface area contributed by atoms with E-state index in [4.69, 9.17) is 4.74 Å². The number of carbonyl (C=O) groups is 1. The summed E-state index contributed by atoms with van der Waals surface area (Å²) in [6.07, 6.45) is 2.80. The fourth-order valence-corrected chi connectivity index (χ4v) is 3.59. The Bertz CT molecular complexity index is 742. The number of hydrogen-bond donors (Lipinski definition) is 1. The molecular formula is C24H32N2O2. The molecule has 1 heterocycles. The molecule has 0 bridgehead atoms. The molecule has 2 aromatic rings. The number of piperidine rings is 1. The summed E-state index contributed by atoms with van der Waals surface area (Å²) in [5.41, 5.74) is 3.43. The third-order valence-electron chi connectivity index (χ3n) is 5.11. The number of rotatable bonds is 5. The Morgan fingerprint density at radius 1 is 1.04 bits per heavy atom. The first-order valence-corrected chi connectivity index (χ1v) is 10.3. The number of amides is 1. The molecule has 0 atom stereocenters. The minimum absolute atomic E-state index is 0.191. The summed E-state index contributed by atoms with van der Waals surface area (Å²) in [7, 11) is 0. The third-order valence-corrected chi connectivity index (χ3v) is 5.11. The number of likely N-dealkylation sites (tertiary alicyclic amines) is 1. The summed E-state index contributed by atoms with van der Waals surface area (Å²) >= 11 is 0. The highest BCUT2D eigenvalue weighted by Gasteiger charge is 2.27. The Morgan fingerprint density at radius 3 is 2.29 bits per heavy atom. The third kappa shape index (κ3) is 6.01. The zero-order valence-corrected chi connectivity index (χ0v) is 17.3. The first-order chi connectivity index (χ1) is 13.4. The molecule has 3 rings (SSSR count). The normalized spacial score (nSPS) is 15.3. The van der Waals surface area contributed by atoms with Crippen molar-refractivity contribution in [3.8, 4) is 0 Å².